The standard InChI is InChI=1S/C10H20O3/c1-8(2)9(7-11)13-10-5-3-4-6-12-10/h8-11H,3-7H2,1-2H3/t9-,10?/m1/s1. The van der Waals surface area contributed by atoms with Crippen LogP contribution in [0.4, 0.5) is 0 Å². The van der Waals surface area contributed by atoms with E-state index < -0.39 is 0 Å². The van der Waals surface area contributed by atoms with E-state index in [2.05, 4.69) is 0 Å². The van der Waals surface area contributed by atoms with Gasteiger partial charge in [0, 0.05) is 6.61 Å². The topological polar surface area (TPSA) is 38.7 Å². The number of rotatable bonds is 4. The van der Waals surface area contributed by atoms with Crippen molar-refractivity contribution in [3.63, 3.8) is 0 Å². The first-order valence-electron chi connectivity index (χ1n) is 5.12. The Morgan fingerprint density at radius 2 is 2.23 bits per heavy atom. The van der Waals surface area contributed by atoms with E-state index in [1.54, 1.807) is 0 Å². The summed E-state index contributed by atoms with van der Waals surface area (Å²) in [7, 11) is 0. The Balaban J connectivity index is 2.27. The molecule has 13 heavy (non-hydrogen) atoms. The number of hydrogen-bond acceptors (Lipinski definition) is 3. The first-order chi connectivity index (χ1) is 6.24. The van der Waals surface area contributed by atoms with Gasteiger partial charge in [0.15, 0.2) is 6.29 Å². The third-order valence-electron chi connectivity index (χ3n) is 2.39. The van der Waals surface area contributed by atoms with E-state index >= 15 is 0 Å². The Labute approximate surface area is 80.0 Å². The molecule has 0 radical (unpaired) electrons. The first-order valence-corrected chi connectivity index (χ1v) is 5.12. The molecule has 0 aromatic heterocycles. The van der Waals surface area contributed by atoms with Crippen LogP contribution in [-0.2, 0) is 9.47 Å². The third kappa shape index (κ3) is 3.63. The zero-order valence-corrected chi connectivity index (χ0v) is 8.53. The molecular formula is C10H20O3. The average molecular weight is 188 g/mol. The van der Waals surface area contributed by atoms with E-state index in [-0.39, 0.29) is 19.0 Å². The fourth-order valence-electron chi connectivity index (χ4n) is 1.42. The molecule has 2 atom stereocenters. The molecule has 0 amide bonds. The summed E-state index contributed by atoms with van der Waals surface area (Å²) in [6.07, 6.45) is 3.09. The summed E-state index contributed by atoms with van der Waals surface area (Å²) in [6.45, 7) is 4.96. The van der Waals surface area contributed by atoms with Crippen LogP contribution >= 0.6 is 0 Å². The van der Waals surface area contributed by atoms with Crippen molar-refractivity contribution < 1.29 is 14.6 Å². The highest BCUT2D eigenvalue weighted by Crippen LogP contribution is 2.17. The molecular weight excluding hydrogens is 168 g/mol. The van der Waals surface area contributed by atoms with Crippen molar-refractivity contribution in [1.29, 1.82) is 0 Å². The molecule has 3 heteroatoms. The summed E-state index contributed by atoms with van der Waals surface area (Å²) in [5.41, 5.74) is 0. The summed E-state index contributed by atoms with van der Waals surface area (Å²) in [6, 6.07) is 0. The van der Waals surface area contributed by atoms with Crippen LogP contribution in [0, 0.1) is 5.92 Å². The smallest absolute Gasteiger partial charge is 0.158 e. The molecule has 0 bridgehead atoms. The predicted molar refractivity (Wildman–Crippen MR) is 50.4 cm³/mol. The zero-order valence-electron chi connectivity index (χ0n) is 8.53. The summed E-state index contributed by atoms with van der Waals surface area (Å²) < 4.78 is 11.1. The van der Waals surface area contributed by atoms with Crippen molar-refractivity contribution >= 4 is 0 Å². The van der Waals surface area contributed by atoms with E-state index in [1.165, 1.54) is 6.42 Å². The minimum Gasteiger partial charge on any atom is -0.394 e. The van der Waals surface area contributed by atoms with Crippen LogP contribution in [0.25, 0.3) is 0 Å². The highest BCUT2D eigenvalue weighted by molar-refractivity contribution is 4.63. The average Bonchev–Trinajstić information content (AvgIpc) is 2.15. The molecule has 0 aliphatic carbocycles. The van der Waals surface area contributed by atoms with Gasteiger partial charge in [-0.3, -0.25) is 0 Å². The SMILES string of the molecule is CC(C)[C@@H](CO)OC1CCCCO1. The van der Waals surface area contributed by atoms with Crippen molar-refractivity contribution in [2.75, 3.05) is 13.2 Å². The van der Waals surface area contributed by atoms with Gasteiger partial charge >= 0.3 is 0 Å². The summed E-state index contributed by atoms with van der Waals surface area (Å²) in [5.74, 6) is 0.343. The second-order valence-corrected chi connectivity index (χ2v) is 3.90. The Kier molecular flexibility index (Phi) is 4.70. The summed E-state index contributed by atoms with van der Waals surface area (Å²) in [4.78, 5) is 0. The molecule has 1 aliphatic rings. The van der Waals surface area contributed by atoms with Crippen LogP contribution in [0.15, 0.2) is 0 Å². The highest BCUT2D eigenvalue weighted by Gasteiger charge is 2.21. The lowest BCUT2D eigenvalue weighted by Gasteiger charge is -2.28. The van der Waals surface area contributed by atoms with Crippen LogP contribution in [0.5, 0.6) is 0 Å². The van der Waals surface area contributed by atoms with Gasteiger partial charge in [0.2, 0.25) is 0 Å². The lowest BCUT2D eigenvalue weighted by molar-refractivity contribution is -0.203. The molecule has 1 heterocycles. The maximum absolute atomic E-state index is 9.05. The van der Waals surface area contributed by atoms with Gasteiger partial charge in [0.25, 0.3) is 0 Å². The van der Waals surface area contributed by atoms with Gasteiger partial charge in [-0.1, -0.05) is 13.8 Å². The van der Waals surface area contributed by atoms with Crippen molar-refractivity contribution in [2.45, 2.75) is 45.5 Å². The first kappa shape index (κ1) is 11.0. The van der Waals surface area contributed by atoms with Gasteiger partial charge in [0.05, 0.1) is 12.7 Å². The minimum absolute atomic E-state index is 0.0805. The fourth-order valence-corrected chi connectivity index (χ4v) is 1.42. The summed E-state index contributed by atoms with van der Waals surface area (Å²) >= 11 is 0. The Hall–Kier alpha value is -0.120. The normalized spacial score (nSPS) is 26.3. The van der Waals surface area contributed by atoms with Gasteiger partial charge in [-0.05, 0) is 25.2 Å². The molecule has 78 valence electrons. The molecule has 1 fully saturated rings. The number of ether oxygens (including phenoxy) is 2. The zero-order chi connectivity index (χ0) is 9.68. The van der Waals surface area contributed by atoms with Crippen LogP contribution in [-0.4, -0.2) is 30.7 Å². The van der Waals surface area contributed by atoms with Gasteiger partial charge in [0.1, 0.15) is 0 Å². The molecule has 1 unspecified atom stereocenters. The van der Waals surface area contributed by atoms with E-state index in [0.29, 0.717) is 5.92 Å². The number of hydrogen-bond donors (Lipinski definition) is 1. The van der Waals surface area contributed by atoms with Gasteiger partial charge in [-0.15, -0.1) is 0 Å². The maximum atomic E-state index is 9.05. The van der Waals surface area contributed by atoms with E-state index in [9.17, 15) is 0 Å². The van der Waals surface area contributed by atoms with Crippen molar-refractivity contribution in [3.8, 4) is 0 Å². The summed E-state index contributed by atoms with van der Waals surface area (Å²) in [5, 5.41) is 9.05. The van der Waals surface area contributed by atoms with Gasteiger partial charge < -0.3 is 14.6 Å². The van der Waals surface area contributed by atoms with E-state index in [0.717, 1.165) is 19.4 Å². The monoisotopic (exact) mass is 188 g/mol. The molecule has 0 spiro atoms. The molecule has 0 aromatic carbocycles. The molecule has 1 saturated heterocycles. The third-order valence-corrected chi connectivity index (χ3v) is 2.39. The van der Waals surface area contributed by atoms with Crippen molar-refractivity contribution in [1.82, 2.24) is 0 Å². The fraction of sp³-hybridized carbons (Fsp3) is 1.00. The lowest BCUT2D eigenvalue weighted by atomic mass is 10.1. The van der Waals surface area contributed by atoms with Crippen LogP contribution in [0.1, 0.15) is 33.1 Å². The largest absolute Gasteiger partial charge is 0.394 e. The number of aliphatic hydroxyl groups excluding tert-OH is 1. The maximum Gasteiger partial charge on any atom is 0.158 e. The van der Waals surface area contributed by atoms with Crippen molar-refractivity contribution in [2.24, 2.45) is 5.92 Å². The van der Waals surface area contributed by atoms with Crippen molar-refractivity contribution in [3.05, 3.63) is 0 Å². The van der Waals surface area contributed by atoms with Crippen LogP contribution in [0.3, 0.4) is 0 Å². The molecule has 1 N–H and O–H groups in total. The Morgan fingerprint density at radius 3 is 2.69 bits per heavy atom. The molecule has 1 aliphatic heterocycles. The van der Waals surface area contributed by atoms with Gasteiger partial charge in [-0.2, -0.15) is 0 Å². The van der Waals surface area contributed by atoms with Gasteiger partial charge in [-0.25, -0.2) is 0 Å². The second-order valence-electron chi connectivity index (χ2n) is 3.90. The number of aliphatic hydroxyl groups is 1. The molecule has 3 nitrogen and oxygen atoms in total. The lowest BCUT2D eigenvalue weighted by Crippen LogP contribution is -2.33. The highest BCUT2D eigenvalue weighted by atomic mass is 16.7. The Morgan fingerprint density at radius 1 is 1.46 bits per heavy atom. The minimum atomic E-state index is -0.0895. The quantitative estimate of drug-likeness (QED) is 0.727. The van der Waals surface area contributed by atoms with Crippen LogP contribution < -0.4 is 0 Å². The van der Waals surface area contributed by atoms with E-state index in [4.69, 9.17) is 14.6 Å². The Bertz CT molecular complexity index is 130. The molecule has 0 aromatic rings. The predicted octanol–water partition coefficient (Wildman–Crippen LogP) is 1.55. The van der Waals surface area contributed by atoms with Crippen LogP contribution in [0.2, 0.25) is 0 Å². The van der Waals surface area contributed by atoms with E-state index in [1.807, 2.05) is 13.8 Å². The molecule has 0 saturated carbocycles. The second kappa shape index (κ2) is 5.58. The molecule has 1 rings (SSSR count).